The molecule has 8 heteroatoms. The third-order valence-corrected chi connectivity index (χ3v) is 4.70. The Hall–Kier alpha value is -1.08. The van der Waals surface area contributed by atoms with Crippen LogP contribution in [0.4, 0.5) is 0 Å². The van der Waals surface area contributed by atoms with Crippen LogP contribution in [0.15, 0.2) is 4.90 Å². The highest BCUT2D eigenvalue weighted by Gasteiger charge is 2.36. The number of halogens is 1. The van der Waals surface area contributed by atoms with Crippen molar-refractivity contribution in [3.05, 3.63) is 11.4 Å². The van der Waals surface area contributed by atoms with Gasteiger partial charge in [-0.2, -0.15) is 5.10 Å². The van der Waals surface area contributed by atoms with E-state index >= 15 is 0 Å². The molecule has 1 fully saturated rings. The Kier molecular flexibility index (Phi) is 4.39. The Morgan fingerprint density at radius 3 is 2.55 bits per heavy atom. The minimum absolute atomic E-state index is 0.0859. The molecule has 0 radical (unpaired) electrons. The molecule has 0 unspecified atom stereocenters. The molecular weight excluding hydrogens is 302 g/mol. The number of nitrogens with zero attached hydrogens (tertiary/aromatic N) is 2. The normalized spacial score (nSPS) is 15.3. The number of H-pyrrole nitrogens is 1. The topological polar surface area (TPSA) is 83.1 Å². The third kappa shape index (κ3) is 2.98. The van der Waals surface area contributed by atoms with Crippen LogP contribution in [0.3, 0.4) is 0 Å². The summed E-state index contributed by atoms with van der Waals surface area (Å²) < 4.78 is 23.4. The molecule has 0 saturated heterocycles. The van der Waals surface area contributed by atoms with Crippen molar-refractivity contribution in [2.45, 2.75) is 50.5 Å². The van der Waals surface area contributed by atoms with Gasteiger partial charge >= 0.3 is 0 Å². The summed E-state index contributed by atoms with van der Waals surface area (Å²) in [5, 5.41) is 6.49. The number of carbonyl (C=O) groups is 1. The van der Waals surface area contributed by atoms with Gasteiger partial charge in [-0.3, -0.25) is 9.89 Å². The van der Waals surface area contributed by atoms with Gasteiger partial charge in [0.25, 0.3) is 15.0 Å². The van der Waals surface area contributed by atoms with Crippen molar-refractivity contribution < 1.29 is 13.2 Å². The molecule has 0 atom stereocenters. The summed E-state index contributed by atoms with van der Waals surface area (Å²) in [5.74, 6) is -0.357. The molecule has 0 spiro atoms. The molecule has 2 rings (SSSR count). The van der Waals surface area contributed by atoms with Crippen LogP contribution in [0.5, 0.6) is 0 Å². The van der Waals surface area contributed by atoms with Gasteiger partial charge in [-0.1, -0.05) is 13.8 Å². The highest BCUT2D eigenvalue weighted by molar-refractivity contribution is 8.13. The first-order chi connectivity index (χ1) is 9.40. The Morgan fingerprint density at radius 2 is 2.10 bits per heavy atom. The molecule has 1 amide bonds. The van der Waals surface area contributed by atoms with E-state index in [1.54, 1.807) is 11.8 Å². The van der Waals surface area contributed by atoms with Crippen LogP contribution in [0, 0.1) is 0 Å². The molecule has 0 aromatic carbocycles. The average molecular weight is 320 g/mol. The number of aromatic nitrogens is 2. The minimum Gasteiger partial charge on any atom is -0.334 e. The molecule has 0 bridgehead atoms. The summed E-state index contributed by atoms with van der Waals surface area (Å²) in [6, 6.07) is 0.204. The van der Waals surface area contributed by atoms with E-state index in [1.165, 1.54) is 0 Å². The number of carbonyl (C=O) groups excluding carboxylic acids is 1. The molecule has 1 aliphatic rings. The highest BCUT2D eigenvalue weighted by atomic mass is 35.7. The van der Waals surface area contributed by atoms with Gasteiger partial charge in [0.1, 0.15) is 4.90 Å². The van der Waals surface area contributed by atoms with Crippen molar-refractivity contribution in [1.82, 2.24) is 15.1 Å². The molecule has 112 valence electrons. The lowest BCUT2D eigenvalue weighted by molar-refractivity contribution is 0.0733. The fourth-order valence-corrected chi connectivity index (χ4v) is 3.57. The van der Waals surface area contributed by atoms with Crippen LogP contribution >= 0.6 is 10.7 Å². The zero-order chi connectivity index (χ0) is 14.9. The van der Waals surface area contributed by atoms with Crippen LogP contribution in [-0.4, -0.2) is 42.0 Å². The van der Waals surface area contributed by atoms with Crippen LogP contribution in [0.25, 0.3) is 0 Å². The first-order valence-electron chi connectivity index (χ1n) is 6.73. The second kappa shape index (κ2) is 5.73. The monoisotopic (exact) mass is 319 g/mol. The molecule has 0 aliphatic heterocycles. The second-order valence-corrected chi connectivity index (χ2v) is 7.40. The number of nitrogens with one attached hydrogen (secondary N) is 1. The van der Waals surface area contributed by atoms with E-state index in [0.717, 1.165) is 19.3 Å². The standard InChI is InChI=1S/C12H18ClN3O3S/c1-3-7-16(8-5-6-8)12(17)10-11(20(13,18)19)9(4-2)14-15-10/h8H,3-7H2,1-2H3,(H,14,15). The van der Waals surface area contributed by atoms with Crippen LogP contribution in [-0.2, 0) is 15.5 Å². The number of hydrogen-bond donors (Lipinski definition) is 1. The van der Waals surface area contributed by atoms with Crippen LogP contribution < -0.4 is 0 Å². The predicted molar refractivity (Wildman–Crippen MR) is 75.4 cm³/mol. The third-order valence-electron chi connectivity index (χ3n) is 3.30. The molecule has 20 heavy (non-hydrogen) atoms. The first-order valence-corrected chi connectivity index (χ1v) is 9.03. The van der Waals surface area contributed by atoms with E-state index < -0.39 is 9.05 Å². The predicted octanol–water partition coefficient (Wildman–Crippen LogP) is 1.91. The highest BCUT2D eigenvalue weighted by Crippen LogP contribution is 2.30. The van der Waals surface area contributed by atoms with Gasteiger partial charge in [0.2, 0.25) is 0 Å². The van der Waals surface area contributed by atoms with Gasteiger partial charge in [-0.05, 0) is 25.7 Å². The smallest absolute Gasteiger partial charge is 0.276 e. The first kappa shape index (κ1) is 15.3. The van der Waals surface area contributed by atoms with E-state index in [2.05, 4.69) is 10.2 Å². The zero-order valence-electron chi connectivity index (χ0n) is 11.5. The van der Waals surface area contributed by atoms with Crippen molar-refractivity contribution in [1.29, 1.82) is 0 Å². The SMILES string of the molecule is CCCN(C(=O)c1n[nH]c(CC)c1S(=O)(=O)Cl)C1CC1. The molecule has 1 aromatic rings. The number of amides is 1. The molecule has 1 saturated carbocycles. The largest absolute Gasteiger partial charge is 0.334 e. The summed E-state index contributed by atoms with van der Waals surface area (Å²) in [6.07, 6.45) is 3.15. The van der Waals surface area contributed by atoms with E-state index in [0.29, 0.717) is 18.7 Å². The summed E-state index contributed by atoms with van der Waals surface area (Å²) in [7, 11) is 1.45. The Labute approximate surface area is 122 Å². The van der Waals surface area contributed by atoms with Crippen LogP contribution in [0.1, 0.15) is 49.3 Å². The Balaban J connectivity index is 2.41. The van der Waals surface area contributed by atoms with Gasteiger partial charge in [0.15, 0.2) is 5.69 Å². The molecule has 6 nitrogen and oxygen atoms in total. The van der Waals surface area contributed by atoms with Crippen molar-refractivity contribution in [2.24, 2.45) is 0 Å². The summed E-state index contributed by atoms with van der Waals surface area (Å²) in [5.41, 5.74) is 0.285. The summed E-state index contributed by atoms with van der Waals surface area (Å²) >= 11 is 0. The van der Waals surface area contributed by atoms with Gasteiger partial charge in [0.05, 0.1) is 5.69 Å². The van der Waals surface area contributed by atoms with E-state index in [-0.39, 0.29) is 22.5 Å². The zero-order valence-corrected chi connectivity index (χ0v) is 13.1. The number of aryl methyl sites for hydroxylation is 1. The maximum atomic E-state index is 12.5. The lowest BCUT2D eigenvalue weighted by Crippen LogP contribution is -2.34. The Bertz CT molecular complexity index is 607. The fraction of sp³-hybridized carbons (Fsp3) is 0.667. The van der Waals surface area contributed by atoms with E-state index in [1.807, 2.05) is 6.92 Å². The maximum Gasteiger partial charge on any atom is 0.276 e. The summed E-state index contributed by atoms with van der Waals surface area (Å²) in [6.45, 7) is 4.35. The molecule has 1 aromatic heterocycles. The second-order valence-electron chi connectivity index (χ2n) is 4.90. The van der Waals surface area contributed by atoms with Crippen molar-refractivity contribution in [3.8, 4) is 0 Å². The minimum atomic E-state index is -4.00. The van der Waals surface area contributed by atoms with Crippen molar-refractivity contribution in [2.75, 3.05) is 6.54 Å². The lowest BCUT2D eigenvalue weighted by Gasteiger charge is -2.20. The number of hydrogen-bond acceptors (Lipinski definition) is 4. The van der Waals surface area contributed by atoms with E-state index in [4.69, 9.17) is 10.7 Å². The quantitative estimate of drug-likeness (QED) is 0.812. The van der Waals surface area contributed by atoms with Gasteiger partial charge in [-0.25, -0.2) is 8.42 Å². The fourth-order valence-electron chi connectivity index (χ4n) is 2.23. The number of aromatic amines is 1. The summed E-state index contributed by atoms with van der Waals surface area (Å²) in [4.78, 5) is 14.1. The number of rotatable bonds is 6. The maximum absolute atomic E-state index is 12.5. The van der Waals surface area contributed by atoms with E-state index in [9.17, 15) is 13.2 Å². The van der Waals surface area contributed by atoms with Gasteiger partial charge in [-0.15, -0.1) is 0 Å². The van der Waals surface area contributed by atoms with Gasteiger partial charge in [0, 0.05) is 23.3 Å². The lowest BCUT2D eigenvalue weighted by atomic mass is 10.2. The molecular formula is C12H18ClN3O3S. The molecule has 1 heterocycles. The van der Waals surface area contributed by atoms with Crippen molar-refractivity contribution in [3.63, 3.8) is 0 Å². The average Bonchev–Trinajstić information content (AvgIpc) is 3.11. The Morgan fingerprint density at radius 1 is 1.45 bits per heavy atom. The van der Waals surface area contributed by atoms with Crippen molar-refractivity contribution >= 4 is 25.6 Å². The van der Waals surface area contributed by atoms with Gasteiger partial charge < -0.3 is 4.90 Å². The van der Waals surface area contributed by atoms with Crippen LogP contribution in [0.2, 0.25) is 0 Å². The molecule has 1 aliphatic carbocycles. The molecule has 1 N–H and O–H groups in total.